The number of aliphatic hydroxyl groups is 1. The number of hydrogen-bond donors (Lipinski definition) is 2. The van der Waals surface area contributed by atoms with E-state index in [9.17, 15) is 4.79 Å². The van der Waals surface area contributed by atoms with Crippen LogP contribution >= 0.6 is 0 Å². The average molecular weight is 235 g/mol. The van der Waals surface area contributed by atoms with E-state index in [1.165, 1.54) is 12.8 Å². The van der Waals surface area contributed by atoms with Crippen LogP contribution in [0.5, 0.6) is 0 Å². The van der Waals surface area contributed by atoms with E-state index in [0.717, 1.165) is 24.1 Å². The smallest absolute Gasteiger partial charge is 0.224 e. The minimum absolute atomic E-state index is 0.0330. The monoisotopic (exact) mass is 235 g/mol. The number of carbonyl (C=O) groups excluding carboxylic acids is 1. The molecule has 0 aliphatic heterocycles. The highest BCUT2D eigenvalue weighted by Crippen LogP contribution is 2.11. The largest absolute Gasteiger partial charge is 0.392 e. The van der Waals surface area contributed by atoms with Gasteiger partial charge in [0.05, 0.1) is 6.61 Å². The molecule has 17 heavy (non-hydrogen) atoms. The Morgan fingerprint density at radius 1 is 1.18 bits per heavy atom. The fourth-order valence-electron chi connectivity index (χ4n) is 1.63. The molecular weight excluding hydrogens is 214 g/mol. The molecule has 1 aromatic carbocycles. The van der Waals surface area contributed by atoms with Crippen molar-refractivity contribution in [2.24, 2.45) is 0 Å². The third-order valence-electron chi connectivity index (χ3n) is 2.68. The zero-order valence-corrected chi connectivity index (χ0v) is 10.4. The Morgan fingerprint density at radius 3 is 2.47 bits per heavy atom. The molecule has 0 radical (unpaired) electrons. The molecule has 1 aromatic rings. The third kappa shape index (κ3) is 5.50. The molecule has 1 rings (SSSR count). The Labute approximate surface area is 103 Å². The van der Waals surface area contributed by atoms with Crippen molar-refractivity contribution in [3.8, 4) is 0 Å². The van der Waals surface area contributed by atoms with E-state index in [4.69, 9.17) is 5.11 Å². The summed E-state index contributed by atoms with van der Waals surface area (Å²) < 4.78 is 0. The summed E-state index contributed by atoms with van der Waals surface area (Å²) in [5, 5.41) is 11.7. The first-order chi connectivity index (χ1) is 8.26. The molecule has 0 heterocycles. The summed E-state index contributed by atoms with van der Waals surface area (Å²) >= 11 is 0. The Morgan fingerprint density at radius 2 is 1.88 bits per heavy atom. The van der Waals surface area contributed by atoms with Crippen molar-refractivity contribution in [1.29, 1.82) is 0 Å². The standard InChI is InChI=1S/C14H21NO2/c1-2-3-4-5-6-14(17)15-13-9-7-12(11-16)8-10-13/h7-10,16H,2-6,11H2,1H3,(H,15,17). The zero-order valence-electron chi connectivity index (χ0n) is 10.4. The van der Waals surface area contributed by atoms with Crippen molar-refractivity contribution in [3.05, 3.63) is 29.8 Å². The van der Waals surface area contributed by atoms with E-state index < -0.39 is 0 Å². The minimum atomic E-state index is 0.0330. The van der Waals surface area contributed by atoms with Crippen molar-refractivity contribution in [2.45, 2.75) is 45.6 Å². The number of hydrogen-bond acceptors (Lipinski definition) is 2. The zero-order chi connectivity index (χ0) is 12.5. The molecule has 0 aliphatic rings. The predicted molar refractivity (Wildman–Crippen MR) is 69.8 cm³/mol. The fraction of sp³-hybridized carbons (Fsp3) is 0.500. The molecule has 3 heteroatoms. The number of unbranched alkanes of at least 4 members (excludes halogenated alkanes) is 3. The van der Waals surface area contributed by atoms with Gasteiger partial charge in [0.2, 0.25) is 5.91 Å². The summed E-state index contributed by atoms with van der Waals surface area (Å²) in [5.41, 5.74) is 1.65. The lowest BCUT2D eigenvalue weighted by Gasteiger charge is -2.05. The van der Waals surface area contributed by atoms with Crippen LogP contribution in [0.3, 0.4) is 0 Å². The maximum absolute atomic E-state index is 11.6. The fourth-order valence-corrected chi connectivity index (χ4v) is 1.63. The second-order valence-electron chi connectivity index (χ2n) is 4.21. The lowest BCUT2D eigenvalue weighted by molar-refractivity contribution is -0.116. The highest BCUT2D eigenvalue weighted by molar-refractivity contribution is 5.90. The van der Waals surface area contributed by atoms with Crippen molar-refractivity contribution in [2.75, 3.05) is 5.32 Å². The first-order valence-corrected chi connectivity index (χ1v) is 6.26. The molecule has 2 N–H and O–H groups in total. The van der Waals surface area contributed by atoms with Crippen LogP contribution in [0.25, 0.3) is 0 Å². The Bertz CT molecular complexity index is 333. The highest BCUT2D eigenvalue weighted by Gasteiger charge is 2.01. The van der Waals surface area contributed by atoms with Crippen molar-refractivity contribution < 1.29 is 9.90 Å². The number of carbonyl (C=O) groups is 1. The van der Waals surface area contributed by atoms with E-state index in [-0.39, 0.29) is 12.5 Å². The van der Waals surface area contributed by atoms with Gasteiger partial charge in [-0.25, -0.2) is 0 Å². The lowest BCUT2D eigenvalue weighted by atomic mass is 10.1. The average Bonchev–Trinajstić information content (AvgIpc) is 2.36. The van der Waals surface area contributed by atoms with E-state index in [2.05, 4.69) is 12.2 Å². The van der Waals surface area contributed by atoms with Gasteiger partial charge in [-0.15, -0.1) is 0 Å². The molecule has 0 aromatic heterocycles. The lowest BCUT2D eigenvalue weighted by Crippen LogP contribution is -2.10. The number of benzene rings is 1. The Kier molecular flexibility index (Phi) is 6.33. The van der Waals surface area contributed by atoms with E-state index in [1.54, 1.807) is 0 Å². The molecule has 0 bridgehead atoms. The van der Waals surface area contributed by atoms with Crippen LogP contribution in [0.2, 0.25) is 0 Å². The Hall–Kier alpha value is -1.35. The first-order valence-electron chi connectivity index (χ1n) is 6.26. The van der Waals surface area contributed by atoms with Gasteiger partial charge in [0.25, 0.3) is 0 Å². The van der Waals surface area contributed by atoms with Gasteiger partial charge in [0.1, 0.15) is 0 Å². The SMILES string of the molecule is CCCCCCC(=O)Nc1ccc(CO)cc1. The van der Waals surface area contributed by atoms with Gasteiger partial charge in [-0.2, -0.15) is 0 Å². The maximum Gasteiger partial charge on any atom is 0.224 e. The number of aliphatic hydroxyl groups excluding tert-OH is 1. The summed E-state index contributed by atoms with van der Waals surface area (Å²) in [7, 11) is 0. The first kappa shape index (κ1) is 13.7. The normalized spacial score (nSPS) is 10.2. The summed E-state index contributed by atoms with van der Waals surface area (Å²) in [6.45, 7) is 2.19. The van der Waals surface area contributed by atoms with Gasteiger partial charge < -0.3 is 10.4 Å². The number of rotatable bonds is 7. The molecule has 1 amide bonds. The van der Waals surface area contributed by atoms with E-state index in [1.807, 2.05) is 24.3 Å². The van der Waals surface area contributed by atoms with Gasteiger partial charge in [-0.05, 0) is 24.1 Å². The minimum Gasteiger partial charge on any atom is -0.392 e. The molecule has 0 aliphatic carbocycles. The van der Waals surface area contributed by atoms with E-state index >= 15 is 0 Å². The number of anilines is 1. The van der Waals surface area contributed by atoms with Gasteiger partial charge in [-0.1, -0.05) is 38.3 Å². The number of nitrogens with one attached hydrogen (secondary N) is 1. The van der Waals surface area contributed by atoms with Gasteiger partial charge in [0, 0.05) is 12.1 Å². The third-order valence-corrected chi connectivity index (χ3v) is 2.68. The quantitative estimate of drug-likeness (QED) is 0.713. The van der Waals surface area contributed by atoms with E-state index in [0.29, 0.717) is 6.42 Å². The summed E-state index contributed by atoms with van der Waals surface area (Å²) in [4.78, 5) is 11.6. The van der Waals surface area contributed by atoms with Crippen LogP contribution < -0.4 is 5.32 Å². The molecule has 0 saturated carbocycles. The van der Waals surface area contributed by atoms with Crippen molar-refractivity contribution in [1.82, 2.24) is 0 Å². The molecule has 94 valence electrons. The van der Waals surface area contributed by atoms with Crippen LogP contribution in [0.1, 0.15) is 44.6 Å². The molecule has 0 atom stereocenters. The molecule has 0 spiro atoms. The summed E-state index contributed by atoms with van der Waals surface area (Å²) in [6.07, 6.45) is 5.03. The van der Waals surface area contributed by atoms with Crippen LogP contribution in [0, 0.1) is 0 Å². The maximum atomic E-state index is 11.6. The van der Waals surface area contributed by atoms with Crippen LogP contribution in [-0.4, -0.2) is 11.0 Å². The molecular formula is C14H21NO2. The van der Waals surface area contributed by atoms with Crippen LogP contribution in [-0.2, 0) is 11.4 Å². The summed E-state index contributed by atoms with van der Waals surface area (Å²) in [5.74, 6) is 0.0675. The summed E-state index contributed by atoms with van der Waals surface area (Å²) in [6, 6.07) is 7.25. The van der Waals surface area contributed by atoms with Gasteiger partial charge in [-0.3, -0.25) is 4.79 Å². The topological polar surface area (TPSA) is 49.3 Å². The van der Waals surface area contributed by atoms with Crippen molar-refractivity contribution in [3.63, 3.8) is 0 Å². The number of amides is 1. The van der Waals surface area contributed by atoms with Gasteiger partial charge in [0.15, 0.2) is 0 Å². The Balaban J connectivity index is 2.29. The predicted octanol–water partition coefficient (Wildman–Crippen LogP) is 3.09. The highest BCUT2D eigenvalue weighted by atomic mass is 16.3. The molecule has 3 nitrogen and oxygen atoms in total. The molecule has 0 saturated heterocycles. The van der Waals surface area contributed by atoms with Crippen LogP contribution in [0.4, 0.5) is 5.69 Å². The second-order valence-corrected chi connectivity index (χ2v) is 4.21. The van der Waals surface area contributed by atoms with Crippen molar-refractivity contribution >= 4 is 11.6 Å². The van der Waals surface area contributed by atoms with Crippen LogP contribution in [0.15, 0.2) is 24.3 Å². The molecule has 0 fully saturated rings. The van der Waals surface area contributed by atoms with Gasteiger partial charge >= 0.3 is 0 Å². The molecule has 0 unspecified atom stereocenters. The second kappa shape index (κ2) is 7.85.